The third-order valence-corrected chi connectivity index (χ3v) is 1.18. The molecule has 1 aromatic rings. The van der Waals surface area contributed by atoms with Crippen molar-refractivity contribution in [3.05, 3.63) is 11.8 Å². The van der Waals surface area contributed by atoms with E-state index < -0.39 is 0 Å². The molecule has 0 spiro atoms. The van der Waals surface area contributed by atoms with Crippen molar-refractivity contribution in [1.82, 2.24) is 10.2 Å². The van der Waals surface area contributed by atoms with Gasteiger partial charge in [0.15, 0.2) is 0 Å². The maximum Gasteiger partial charge on any atom is 1.00 e. The number of nitrogens with zero attached hydrogens (tertiary/aromatic N) is 2. The van der Waals surface area contributed by atoms with E-state index in [0.717, 1.165) is 7.11 Å². The second-order valence-corrected chi connectivity index (χ2v) is 3.31. The molecule has 0 aliphatic rings. The van der Waals surface area contributed by atoms with Crippen molar-refractivity contribution in [3.63, 3.8) is 0 Å². The molecule has 0 aliphatic carbocycles. The fraction of sp³-hybridized carbons (Fsp3) is 0.625. The fourth-order valence-corrected chi connectivity index (χ4v) is 0.585. The van der Waals surface area contributed by atoms with E-state index in [0.29, 0.717) is 12.2 Å². The molecule has 1 aromatic heterocycles. The zero-order valence-electron chi connectivity index (χ0n) is 9.20. The van der Waals surface area contributed by atoms with Crippen LogP contribution in [-0.2, 0) is 5.41 Å². The molecule has 0 aliphatic heterocycles. The molecule has 0 aromatic carbocycles. The number of rotatable bonds is 1. The first kappa shape index (κ1) is 16.8. The quantitative estimate of drug-likeness (QED) is 0.379. The van der Waals surface area contributed by atoms with Gasteiger partial charge >= 0.3 is 51.4 Å². The smallest absolute Gasteiger partial charge is 0.857 e. The minimum Gasteiger partial charge on any atom is -0.857 e. The zero-order chi connectivity index (χ0) is 10.5. The van der Waals surface area contributed by atoms with Crippen LogP contribution in [0.4, 0.5) is 0 Å². The van der Waals surface area contributed by atoms with Crippen molar-refractivity contribution < 1.29 is 65.7 Å². The summed E-state index contributed by atoms with van der Waals surface area (Å²) in [6, 6.07) is 0. The molecule has 0 atom stereocenters. The molecule has 0 saturated heterocycles. The van der Waals surface area contributed by atoms with Gasteiger partial charge in [0, 0.05) is 5.41 Å². The standard InChI is InChI=1S/C7H10N2O2.CH3O.K/c1-7(2,3)6-9-8-5(4-10)11-6;1-2;/h4H,1-3H3;1H3;/q;-1;+1. The Morgan fingerprint density at radius 3 is 2.00 bits per heavy atom. The average Bonchev–Trinajstić information content (AvgIpc) is 2.54. The van der Waals surface area contributed by atoms with Crippen LogP contribution in [0.25, 0.3) is 0 Å². The van der Waals surface area contributed by atoms with Crippen LogP contribution in [0.3, 0.4) is 0 Å². The van der Waals surface area contributed by atoms with Gasteiger partial charge in [-0.05, 0) is 0 Å². The monoisotopic (exact) mass is 224 g/mol. The van der Waals surface area contributed by atoms with Crippen LogP contribution in [0.5, 0.6) is 0 Å². The number of hydrogen-bond donors (Lipinski definition) is 0. The Kier molecular flexibility index (Phi) is 9.21. The van der Waals surface area contributed by atoms with Crippen LogP contribution in [0.1, 0.15) is 37.3 Å². The second-order valence-electron chi connectivity index (χ2n) is 3.31. The van der Waals surface area contributed by atoms with Crippen LogP contribution < -0.4 is 56.5 Å². The zero-order valence-corrected chi connectivity index (χ0v) is 12.3. The fourth-order valence-electron chi connectivity index (χ4n) is 0.585. The molecule has 5 nitrogen and oxygen atoms in total. The van der Waals surface area contributed by atoms with Gasteiger partial charge in [0.05, 0.1) is 0 Å². The molecule has 0 saturated carbocycles. The second kappa shape index (κ2) is 7.67. The number of aldehydes is 1. The van der Waals surface area contributed by atoms with E-state index in [1.807, 2.05) is 20.8 Å². The van der Waals surface area contributed by atoms with Crippen LogP contribution in [0.2, 0.25) is 0 Å². The molecule has 1 rings (SSSR count). The molecule has 0 fully saturated rings. The molecule has 0 radical (unpaired) electrons. The predicted octanol–water partition coefficient (Wildman–Crippen LogP) is -2.84. The summed E-state index contributed by atoms with van der Waals surface area (Å²) in [5, 5.41) is 15.5. The Labute approximate surface area is 126 Å². The Morgan fingerprint density at radius 1 is 1.29 bits per heavy atom. The van der Waals surface area contributed by atoms with E-state index in [1.165, 1.54) is 0 Å². The molecule has 0 bridgehead atoms. The molecular formula is C8H13KN2O3. The Hall–Kier alpha value is 0.406. The molecule has 1 heterocycles. The largest absolute Gasteiger partial charge is 1.00 e. The SMILES string of the molecule is CC(C)(C)c1nnc(C=O)o1.C[O-].[K+]. The number of carbonyl (C=O) groups excluding carboxylic acids is 1. The first-order valence-electron chi connectivity index (χ1n) is 3.74. The van der Waals surface area contributed by atoms with E-state index in [9.17, 15) is 4.79 Å². The van der Waals surface area contributed by atoms with Crippen molar-refractivity contribution in [1.29, 1.82) is 0 Å². The van der Waals surface area contributed by atoms with Crippen LogP contribution >= 0.6 is 0 Å². The first-order chi connectivity index (χ1) is 6.04. The van der Waals surface area contributed by atoms with Crippen LogP contribution in [0, 0.1) is 0 Å². The third-order valence-electron chi connectivity index (χ3n) is 1.18. The van der Waals surface area contributed by atoms with Gasteiger partial charge in [-0.15, -0.1) is 10.2 Å². The minimum atomic E-state index is -0.186. The third kappa shape index (κ3) is 5.33. The summed E-state index contributed by atoms with van der Waals surface area (Å²) < 4.78 is 5.01. The normalized spacial score (nSPS) is 9.50. The van der Waals surface area contributed by atoms with Crippen molar-refractivity contribution >= 4 is 6.29 Å². The molecule has 0 unspecified atom stereocenters. The van der Waals surface area contributed by atoms with Gasteiger partial charge in [-0.1, -0.05) is 20.8 Å². The van der Waals surface area contributed by atoms with E-state index in [1.54, 1.807) is 0 Å². The Balaban J connectivity index is 0. The minimum absolute atomic E-state index is 0. The van der Waals surface area contributed by atoms with E-state index in [4.69, 9.17) is 9.52 Å². The van der Waals surface area contributed by atoms with Gasteiger partial charge in [-0.3, -0.25) is 4.79 Å². The van der Waals surface area contributed by atoms with E-state index in [2.05, 4.69) is 10.2 Å². The van der Waals surface area contributed by atoms with Gasteiger partial charge in [0.1, 0.15) is 0 Å². The van der Waals surface area contributed by atoms with Gasteiger partial charge in [0.2, 0.25) is 12.2 Å². The number of hydrogen-bond acceptors (Lipinski definition) is 5. The summed E-state index contributed by atoms with van der Waals surface area (Å²) in [6.45, 7) is 5.82. The average molecular weight is 224 g/mol. The summed E-state index contributed by atoms with van der Waals surface area (Å²) in [5.41, 5.74) is -0.186. The summed E-state index contributed by atoms with van der Waals surface area (Å²) in [5.74, 6) is 0.523. The van der Waals surface area contributed by atoms with E-state index >= 15 is 0 Å². The molecular weight excluding hydrogens is 211 g/mol. The van der Waals surface area contributed by atoms with Crippen molar-refractivity contribution in [2.45, 2.75) is 26.2 Å². The number of carbonyl (C=O) groups is 1. The molecule has 0 amide bonds. The van der Waals surface area contributed by atoms with Gasteiger partial charge in [0.25, 0.3) is 5.89 Å². The number of aromatic nitrogens is 2. The topological polar surface area (TPSA) is 79.0 Å². The Bertz CT molecular complexity index is 268. The van der Waals surface area contributed by atoms with Crippen molar-refractivity contribution in [3.8, 4) is 0 Å². The van der Waals surface area contributed by atoms with Crippen LogP contribution in [0.15, 0.2) is 4.42 Å². The molecule has 74 valence electrons. The van der Waals surface area contributed by atoms with Gasteiger partial charge in [-0.2, -0.15) is 7.11 Å². The predicted molar refractivity (Wildman–Crippen MR) is 44.3 cm³/mol. The molecule has 14 heavy (non-hydrogen) atoms. The maximum atomic E-state index is 10.2. The van der Waals surface area contributed by atoms with Gasteiger partial charge in [-0.25, -0.2) is 0 Å². The summed E-state index contributed by atoms with van der Waals surface area (Å²) in [6.07, 6.45) is 0.544. The van der Waals surface area contributed by atoms with E-state index in [-0.39, 0.29) is 62.7 Å². The summed E-state index contributed by atoms with van der Waals surface area (Å²) in [7, 11) is 0.750. The van der Waals surface area contributed by atoms with Crippen LogP contribution in [-0.4, -0.2) is 23.6 Å². The summed E-state index contributed by atoms with van der Waals surface area (Å²) in [4.78, 5) is 10.2. The summed E-state index contributed by atoms with van der Waals surface area (Å²) >= 11 is 0. The van der Waals surface area contributed by atoms with Crippen molar-refractivity contribution in [2.75, 3.05) is 7.11 Å². The van der Waals surface area contributed by atoms with Crippen molar-refractivity contribution in [2.24, 2.45) is 0 Å². The maximum absolute atomic E-state index is 10.2. The first-order valence-corrected chi connectivity index (χ1v) is 3.74. The molecule has 6 heteroatoms. The molecule has 0 N–H and O–H groups in total. The Morgan fingerprint density at radius 2 is 1.79 bits per heavy atom. The van der Waals surface area contributed by atoms with Gasteiger partial charge < -0.3 is 9.52 Å².